The number of nitrogens with two attached hydrogens (primary N) is 1. The molecule has 2 unspecified atom stereocenters. The Bertz CT molecular complexity index is 346. The van der Waals surface area contributed by atoms with E-state index in [-0.39, 0.29) is 17.6 Å². The van der Waals surface area contributed by atoms with Crippen molar-refractivity contribution in [2.75, 3.05) is 7.11 Å². The summed E-state index contributed by atoms with van der Waals surface area (Å²) in [6, 6.07) is 8.84. The van der Waals surface area contributed by atoms with Gasteiger partial charge in [-0.3, -0.25) is 0 Å². The Balaban J connectivity index is 2.69. The van der Waals surface area contributed by atoms with Crippen molar-refractivity contribution in [2.45, 2.75) is 58.1 Å². The lowest BCUT2D eigenvalue weighted by atomic mass is 9.86. The van der Waals surface area contributed by atoms with Crippen LogP contribution >= 0.6 is 0 Å². The van der Waals surface area contributed by atoms with Crippen molar-refractivity contribution in [3.8, 4) is 0 Å². The summed E-state index contributed by atoms with van der Waals surface area (Å²) in [6.07, 6.45) is 1.97. The normalized spacial score (nSPS) is 15.4. The summed E-state index contributed by atoms with van der Waals surface area (Å²) in [7, 11) is 1.73. The van der Waals surface area contributed by atoms with E-state index in [0.29, 0.717) is 0 Å². The lowest BCUT2D eigenvalue weighted by Gasteiger charge is -2.22. The van der Waals surface area contributed by atoms with E-state index in [0.717, 1.165) is 12.8 Å². The average Bonchev–Trinajstić information content (AvgIpc) is 2.30. The third kappa shape index (κ3) is 4.11. The fourth-order valence-corrected chi connectivity index (χ4v) is 2.19. The zero-order chi connectivity index (χ0) is 13.8. The van der Waals surface area contributed by atoms with Crippen LogP contribution < -0.4 is 5.73 Å². The van der Waals surface area contributed by atoms with Crippen LogP contribution in [-0.4, -0.2) is 19.3 Å². The van der Waals surface area contributed by atoms with Crippen molar-refractivity contribution in [2.24, 2.45) is 5.73 Å². The van der Waals surface area contributed by atoms with E-state index in [1.54, 1.807) is 7.11 Å². The molecule has 1 aromatic rings. The van der Waals surface area contributed by atoms with E-state index < -0.39 is 0 Å². The first kappa shape index (κ1) is 15.2. The SMILES string of the molecule is CCC(OC)C(N)Cc1ccc(C(C)(C)C)cc1. The van der Waals surface area contributed by atoms with E-state index in [1.807, 2.05) is 0 Å². The van der Waals surface area contributed by atoms with Crippen LogP contribution in [0.3, 0.4) is 0 Å². The Labute approximate surface area is 112 Å². The van der Waals surface area contributed by atoms with Crippen LogP contribution in [0.2, 0.25) is 0 Å². The Hall–Kier alpha value is -0.860. The molecule has 0 aliphatic rings. The standard InChI is InChI=1S/C16H27NO/c1-6-15(18-5)14(17)11-12-7-9-13(10-8-12)16(2,3)4/h7-10,14-15H,6,11,17H2,1-5H3. The van der Waals surface area contributed by atoms with Gasteiger partial charge in [-0.2, -0.15) is 0 Å². The van der Waals surface area contributed by atoms with E-state index in [1.165, 1.54) is 11.1 Å². The summed E-state index contributed by atoms with van der Waals surface area (Å²) in [5.74, 6) is 0. The number of hydrogen-bond acceptors (Lipinski definition) is 2. The maximum absolute atomic E-state index is 6.17. The molecule has 1 rings (SSSR count). The maximum Gasteiger partial charge on any atom is 0.0722 e. The van der Waals surface area contributed by atoms with Gasteiger partial charge in [-0.1, -0.05) is 52.0 Å². The van der Waals surface area contributed by atoms with Crippen LogP contribution in [0.25, 0.3) is 0 Å². The first-order valence-electron chi connectivity index (χ1n) is 6.76. The lowest BCUT2D eigenvalue weighted by Crippen LogP contribution is -2.37. The predicted molar refractivity (Wildman–Crippen MR) is 77.9 cm³/mol. The van der Waals surface area contributed by atoms with Gasteiger partial charge in [0.05, 0.1) is 6.10 Å². The average molecular weight is 249 g/mol. The minimum Gasteiger partial charge on any atom is -0.380 e. The molecule has 0 amide bonds. The summed E-state index contributed by atoms with van der Waals surface area (Å²) in [6.45, 7) is 8.79. The molecule has 0 fully saturated rings. The zero-order valence-electron chi connectivity index (χ0n) is 12.4. The van der Waals surface area contributed by atoms with Crippen molar-refractivity contribution in [3.63, 3.8) is 0 Å². The van der Waals surface area contributed by atoms with E-state index >= 15 is 0 Å². The fraction of sp³-hybridized carbons (Fsp3) is 0.625. The Morgan fingerprint density at radius 2 is 1.72 bits per heavy atom. The van der Waals surface area contributed by atoms with Crippen LogP contribution in [0.4, 0.5) is 0 Å². The molecular weight excluding hydrogens is 222 g/mol. The largest absolute Gasteiger partial charge is 0.380 e. The van der Waals surface area contributed by atoms with Crippen molar-refractivity contribution in [1.29, 1.82) is 0 Å². The van der Waals surface area contributed by atoms with Gasteiger partial charge < -0.3 is 10.5 Å². The fourth-order valence-electron chi connectivity index (χ4n) is 2.19. The van der Waals surface area contributed by atoms with Crippen molar-refractivity contribution in [1.82, 2.24) is 0 Å². The highest BCUT2D eigenvalue weighted by atomic mass is 16.5. The topological polar surface area (TPSA) is 35.2 Å². The van der Waals surface area contributed by atoms with Gasteiger partial charge in [0.2, 0.25) is 0 Å². The molecule has 0 aliphatic carbocycles. The molecule has 1 aromatic carbocycles. The zero-order valence-corrected chi connectivity index (χ0v) is 12.4. The molecule has 0 aromatic heterocycles. The first-order valence-corrected chi connectivity index (χ1v) is 6.76. The Morgan fingerprint density at radius 3 is 2.11 bits per heavy atom. The molecule has 18 heavy (non-hydrogen) atoms. The van der Waals surface area contributed by atoms with Crippen molar-refractivity contribution < 1.29 is 4.74 Å². The van der Waals surface area contributed by atoms with Gasteiger partial charge in [-0.15, -0.1) is 0 Å². The summed E-state index contributed by atoms with van der Waals surface area (Å²) in [5, 5.41) is 0. The third-order valence-corrected chi connectivity index (χ3v) is 3.47. The van der Waals surface area contributed by atoms with Crippen LogP contribution in [-0.2, 0) is 16.6 Å². The lowest BCUT2D eigenvalue weighted by molar-refractivity contribution is 0.0773. The monoisotopic (exact) mass is 249 g/mol. The van der Waals surface area contributed by atoms with Crippen LogP contribution in [0.15, 0.2) is 24.3 Å². The maximum atomic E-state index is 6.17. The number of ether oxygens (including phenoxy) is 1. The highest BCUT2D eigenvalue weighted by Crippen LogP contribution is 2.22. The molecule has 0 spiro atoms. The Kier molecular flexibility index (Phi) is 5.36. The first-order chi connectivity index (χ1) is 8.38. The molecule has 0 heterocycles. The van der Waals surface area contributed by atoms with Gasteiger partial charge >= 0.3 is 0 Å². The number of hydrogen-bond donors (Lipinski definition) is 1. The summed E-state index contributed by atoms with van der Waals surface area (Å²) in [5.41, 5.74) is 9.02. The summed E-state index contributed by atoms with van der Waals surface area (Å²) >= 11 is 0. The number of rotatable bonds is 5. The van der Waals surface area contributed by atoms with Gasteiger partial charge in [-0.25, -0.2) is 0 Å². The van der Waals surface area contributed by atoms with Crippen LogP contribution in [0.5, 0.6) is 0 Å². The molecule has 2 N–H and O–H groups in total. The number of methoxy groups -OCH3 is 1. The minimum atomic E-state index is 0.0699. The van der Waals surface area contributed by atoms with Gasteiger partial charge in [-0.05, 0) is 29.4 Å². The van der Waals surface area contributed by atoms with Crippen LogP contribution in [0.1, 0.15) is 45.2 Å². The number of benzene rings is 1. The van der Waals surface area contributed by atoms with Crippen molar-refractivity contribution >= 4 is 0 Å². The summed E-state index contributed by atoms with van der Waals surface area (Å²) in [4.78, 5) is 0. The molecule has 2 nitrogen and oxygen atoms in total. The second-order valence-electron chi connectivity index (χ2n) is 6.00. The molecule has 2 heteroatoms. The quantitative estimate of drug-likeness (QED) is 0.869. The van der Waals surface area contributed by atoms with Crippen LogP contribution in [0, 0.1) is 0 Å². The molecule has 2 atom stereocenters. The van der Waals surface area contributed by atoms with Gasteiger partial charge in [0.15, 0.2) is 0 Å². The van der Waals surface area contributed by atoms with Gasteiger partial charge in [0.25, 0.3) is 0 Å². The minimum absolute atomic E-state index is 0.0699. The highest BCUT2D eigenvalue weighted by Gasteiger charge is 2.17. The molecule has 0 aliphatic heterocycles. The molecule has 0 saturated carbocycles. The van der Waals surface area contributed by atoms with E-state index in [9.17, 15) is 0 Å². The van der Waals surface area contributed by atoms with E-state index in [2.05, 4.69) is 52.0 Å². The summed E-state index contributed by atoms with van der Waals surface area (Å²) < 4.78 is 5.39. The molecule has 0 radical (unpaired) electrons. The predicted octanol–water partition coefficient (Wildman–Crippen LogP) is 3.28. The molecule has 0 bridgehead atoms. The molecule has 102 valence electrons. The highest BCUT2D eigenvalue weighted by molar-refractivity contribution is 5.28. The van der Waals surface area contributed by atoms with Gasteiger partial charge in [0.1, 0.15) is 0 Å². The smallest absolute Gasteiger partial charge is 0.0722 e. The molecule has 0 saturated heterocycles. The third-order valence-electron chi connectivity index (χ3n) is 3.47. The Morgan fingerprint density at radius 1 is 1.17 bits per heavy atom. The van der Waals surface area contributed by atoms with Crippen molar-refractivity contribution in [3.05, 3.63) is 35.4 Å². The second-order valence-corrected chi connectivity index (χ2v) is 6.00. The van der Waals surface area contributed by atoms with Gasteiger partial charge in [0, 0.05) is 13.2 Å². The van der Waals surface area contributed by atoms with E-state index in [4.69, 9.17) is 10.5 Å². The second kappa shape index (κ2) is 6.35. The molecular formula is C16H27NO.